The normalized spacial score (nSPS) is 10.5. The molecule has 0 fully saturated rings. The predicted octanol–water partition coefficient (Wildman–Crippen LogP) is 3.89. The van der Waals surface area contributed by atoms with E-state index in [9.17, 15) is 14.9 Å². The van der Waals surface area contributed by atoms with Crippen LogP contribution in [-0.2, 0) is 22.5 Å². The molecule has 28 heavy (non-hydrogen) atoms. The SMILES string of the molecule is CCOC(=O)c1ccc(NC(=O)Cn2cc(C#N)c3cccc(CC)c32)cc1. The van der Waals surface area contributed by atoms with Gasteiger partial charge in [-0.15, -0.1) is 0 Å². The van der Waals surface area contributed by atoms with Gasteiger partial charge in [0.1, 0.15) is 12.6 Å². The van der Waals surface area contributed by atoms with E-state index in [0.29, 0.717) is 23.4 Å². The van der Waals surface area contributed by atoms with Crippen LogP contribution in [0.25, 0.3) is 10.9 Å². The number of nitrogens with zero attached hydrogens (tertiary/aromatic N) is 2. The van der Waals surface area contributed by atoms with E-state index < -0.39 is 5.97 Å². The summed E-state index contributed by atoms with van der Waals surface area (Å²) in [6, 6.07) is 14.6. The Hall–Kier alpha value is -3.59. The molecule has 0 spiro atoms. The number of amides is 1. The van der Waals surface area contributed by atoms with E-state index in [1.54, 1.807) is 37.4 Å². The van der Waals surface area contributed by atoms with E-state index in [2.05, 4.69) is 11.4 Å². The first-order valence-corrected chi connectivity index (χ1v) is 9.15. The number of hydrogen-bond donors (Lipinski definition) is 1. The number of nitrogens with one attached hydrogen (secondary N) is 1. The average molecular weight is 375 g/mol. The van der Waals surface area contributed by atoms with E-state index in [1.165, 1.54) is 0 Å². The summed E-state index contributed by atoms with van der Waals surface area (Å²) in [5.41, 5.74) is 3.57. The number of anilines is 1. The molecule has 1 aromatic heterocycles. The first kappa shape index (κ1) is 19.2. The number of aryl methyl sites for hydroxylation is 1. The molecule has 0 aliphatic heterocycles. The molecule has 0 bridgehead atoms. The van der Waals surface area contributed by atoms with Crippen LogP contribution in [0.15, 0.2) is 48.7 Å². The van der Waals surface area contributed by atoms with Crippen LogP contribution in [0.4, 0.5) is 5.69 Å². The standard InChI is InChI=1S/C22H21N3O3/c1-3-15-6-5-7-19-17(12-23)13-25(21(15)19)14-20(26)24-18-10-8-16(9-11-18)22(27)28-4-2/h5-11,13H,3-4,14H2,1-2H3,(H,24,26). The number of fused-ring (bicyclic) bond motifs is 1. The van der Waals surface area contributed by atoms with Crippen molar-refractivity contribution in [3.63, 3.8) is 0 Å². The Labute approximate surface area is 163 Å². The van der Waals surface area contributed by atoms with Gasteiger partial charge in [0.05, 0.1) is 23.3 Å². The number of aromatic nitrogens is 1. The first-order valence-electron chi connectivity index (χ1n) is 9.15. The second-order valence-corrected chi connectivity index (χ2v) is 6.30. The average Bonchev–Trinajstić information content (AvgIpc) is 3.06. The Morgan fingerprint density at radius 1 is 1.14 bits per heavy atom. The third-order valence-electron chi connectivity index (χ3n) is 4.48. The van der Waals surface area contributed by atoms with Crippen molar-refractivity contribution in [1.82, 2.24) is 4.57 Å². The minimum Gasteiger partial charge on any atom is -0.462 e. The summed E-state index contributed by atoms with van der Waals surface area (Å²) in [6.45, 7) is 4.20. The topological polar surface area (TPSA) is 84.1 Å². The van der Waals surface area contributed by atoms with Crippen LogP contribution in [0.1, 0.15) is 35.3 Å². The zero-order valence-corrected chi connectivity index (χ0v) is 15.9. The number of esters is 1. The molecule has 3 rings (SSSR count). The van der Waals surface area contributed by atoms with E-state index in [1.807, 2.05) is 29.7 Å². The van der Waals surface area contributed by atoms with E-state index in [4.69, 9.17) is 4.74 Å². The molecule has 0 atom stereocenters. The van der Waals surface area contributed by atoms with Gasteiger partial charge < -0.3 is 14.6 Å². The van der Waals surface area contributed by atoms with E-state index in [0.717, 1.165) is 22.9 Å². The highest BCUT2D eigenvalue weighted by Crippen LogP contribution is 2.25. The minimum absolute atomic E-state index is 0.0921. The summed E-state index contributed by atoms with van der Waals surface area (Å²) in [5.74, 6) is -0.605. The lowest BCUT2D eigenvalue weighted by Gasteiger charge is -2.10. The van der Waals surface area contributed by atoms with Gasteiger partial charge in [0.25, 0.3) is 0 Å². The number of rotatable bonds is 6. The summed E-state index contributed by atoms with van der Waals surface area (Å²) < 4.78 is 6.76. The number of benzene rings is 2. The Morgan fingerprint density at radius 2 is 1.89 bits per heavy atom. The highest BCUT2D eigenvalue weighted by molar-refractivity contribution is 5.95. The molecule has 0 aliphatic carbocycles. The molecular weight excluding hydrogens is 354 g/mol. The molecule has 6 nitrogen and oxygen atoms in total. The molecule has 0 saturated carbocycles. The van der Waals surface area contributed by atoms with Crippen molar-refractivity contribution in [2.45, 2.75) is 26.8 Å². The fraction of sp³-hybridized carbons (Fsp3) is 0.227. The summed E-state index contributed by atoms with van der Waals surface area (Å²) in [7, 11) is 0. The van der Waals surface area contributed by atoms with Crippen molar-refractivity contribution in [1.29, 1.82) is 5.26 Å². The Bertz CT molecular complexity index is 1060. The van der Waals surface area contributed by atoms with Gasteiger partial charge in [0, 0.05) is 17.3 Å². The fourth-order valence-electron chi connectivity index (χ4n) is 3.20. The molecule has 142 valence electrons. The van der Waals surface area contributed by atoms with Crippen molar-refractivity contribution < 1.29 is 14.3 Å². The smallest absolute Gasteiger partial charge is 0.338 e. The largest absolute Gasteiger partial charge is 0.462 e. The minimum atomic E-state index is -0.393. The third-order valence-corrected chi connectivity index (χ3v) is 4.48. The van der Waals surface area contributed by atoms with Gasteiger partial charge in [-0.05, 0) is 43.2 Å². The van der Waals surface area contributed by atoms with Gasteiger partial charge >= 0.3 is 5.97 Å². The van der Waals surface area contributed by atoms with Gasteiger partial charge in [-0.25, -0.2) is 4.79 Å². The van der Waals surface area contributed by atoms with Crippen molar-refractivity contribution in [3.05, 3.63) is 65.4 Å². The molecule has 0 radical (unpaired) electrons. The zero-order chi connectivity index (χ0) is 20.1. The lowest BCUT2D eigenvalue weighted by Crippen LogP contribution is -2.18. The molecule has 0 saturated heterocycles. The molecule has 1 heterocycles. The van der Waals surface area contributed by atoms with Crippen molar-refractivity contribution >= 4 is 28.5 Å². The number of nitriles is 1. The quantitative estimate of drug-likeness (QED) is 0.663. The molecular formula is C22H21N3O3. The monoisotopic (exact) mass is 375 g/mol. The molecule has 6 heteroatoms. The van der Waals surface area contributed by atoms with Gasteiger partial charge in [0.2, 0.25) is 5.91 Å². The maximum absolute atomic E-state index is 12.5. The lowest BCUT2D eigenvalue weighted by molar-refractivity contribution is -0.116. The lowest BCUT2D eigenvalue weighted by atomic mass is 10.1. The van der Waals surface area contributed by atoms with Crippen LogP contribution in [0.2, 0.25) is 0 Å². The molecule has 2 aromatic carbocycles. The molecule has 1 amide bonds. The second kappa shape index (κ2) is 8.40. The summed E-state index contributed by atoms with van der Waals surface area (Å²) >= 11 is 0. The maximum Gasteiger partial charge on any atom is 0.338 e. The third kappa shape index (κ3) is 3.89. The van der Waals surface area contributed by atoms with Crippen molar-refractivity contribution in [2.75, 3.05) is 11.9 Å². The second-order valence-electron chi connectivity index (χ2n) is 6.30. The number of carbonyl (C=O) groups is 2. The van der Waals surface area contributed by atoms with Gasteiger partial charge in [-0.2, -0.15) is 5.26 Å². The predicted molar refractivity (Wildman–Crippen MR) is 107 cm³/mol. The number of para-hydroxylation sites is 1. The van der Waals surface area contributed by atoms with Crippen LogP contribution < -0.4 is 5.32 Å². The number of carbonyl (C=O) groups excluding carboxylic acids is 2. The van der Waals surface area contributed by atoms with Crippen LogP contribution in [0, 0.1) is 11.3 Å². The Morgan fingerprint density at radius 3 is 2.54 bits per heavy atom. The first-order chi connectivity index (χ1) is 13.6. The summed E-state index contributed by atoms with van der Waals surface area (Å²) in [6.07, 6.45) is 2.52. The van der Waals surface area contributed by atoms with Crippen LogP contribution in [0.5, 0.6) is 0 Å². The van der Waals surface area contributed by atoms with Gasteiger partial charge in [-0.1, -0.05) is 25.1 Å². The van der Waals surface area contributed by atoms with E-state index >= 15 is 0 Å². The van der Waals surface area contributed by atoms with Crippen LogP contribution >= 0.6 is 0 Å². The van der Waals surface area contributed by atoms with Gasteiger partial charge in [-0.3, -0.25) is 4.79 Å². The van der Waals surface area contributed by atoms with Crippen LogP contribution in [0.3, 0.4) is 0 Å². The van der Waals surface area contributed by atoms with Crippen LogP contribution in [-0.4, -0.2) is 23.1 Å². The highest BCUT2D eigenvalue weighted by Gasteiger charge is 2.14. The number of ether oxygens (including phenoxy) is 1. The fourth-order valence-corrected chi connectivity index (χ4v) is 3.20. The molecule has 0 aliphatic rings. The molecule has 1 N–H and O–H groups in total. The highest BCUT2D eigenvalue weighted by atomic mass is 16.5. The Kier molecular flexibility index (Phi) is 5.75. The van der Waals surface area contributed by atoms with E-state index in [-0.39, 0.29) is 12.5 Å². The maximum atomic E-state index is 12.5. The van der Waals surface area contributed by atoms with Crippen molar-refractivity contribution in [2.24, 2.45) is 0 Å². The molecule has 0 unspecified atom stereocenters. The zero-order valence-electron chi connectivity index (χ0n) is 15.9. The summed E-state index contributed by atoms with van der Waals surface area (Å²) in [4.78, 5) is 24.2. The summed E-state index contributed by atoms with van der Waals surface area (Å²) in [5, 5.41) is 13.1. The Balaban J connectivity index is 1.79. The number of hydrogen-bond acceptors (Lipinski definition) is 4. The van der Waals surface area contributed by atoms with Gasteiger partial charge in [0.15, 0.2) is 0 Å². The molecule has 3 aromatic rings. The van der Waals surface area contributed by atoms with Crippen molar-refractivity contribution in [3.8, 4) is 6.07 Å².